The molecule has 0 spiro atoms. The van der Waals surface area contributed by atoms with Gasteiger partial charge in [0.1, 0.15) is 0 Å². The summed E-state index contributed by atoms with van der Waals surface area (Å²) in [7, 11) is 1.60. The molecular weight excluding hydrogens is 224 g/mol. The second-order valence-corrected chi connectivity index (χ2v) is 4.16. The Morgan fingerprint density at radius 3 is 2.50 bits per heavy atom. The molecule has 0 radical (unpaired) electrons. The number of hydrogen-bond donors (Lipinski definition) is 1. The highest BCUT2D eigenvalue weighted by Gasteiger charge is 2.36. The molecule has 1 aliphatic rings. The van der Waals surface area contributed by atoms with Crippen LogP contribution in [0.25, 0.3) is 0 Å². The number of thiol groups is 1. The van der Waals surface area contributed by atoms with Crippen molar-refractivity contribution in [3.05, 3.63) is 30.3 Å². The molecule has 0 aromatic heterocycles. The summed E-state index contributed by atoms with van der Waals surface area (Å²) in [5.41, 5.74) is 0.703. The molecule has 2 amide bonds. The van der Waals surface area contributed by atoms with Crippen LogP contribution in [-0.2, 0) is 9.59 Å². The molecule has 1 unspecified atom stereocenters. The molecule has 1 atom stereocenters. The number of likely N-dealkylation sites (N-methyl/N-ethyl adjacent to an activating group) is 1. The number of carbonyl (C=O) groups excluding carboxylic acids is 2. The lowest BCUT2D eigenvalue weighted by molar-refractivity contribution is -0.137. The highest BCUT2D eigenvalue weighted by Crippen LogP contribution is 2.23. The van der Waals surface area contributed by atoms with Crippen molar-refractivity contribution in [2.75, 3.05) is 18.5 Å². The van der Waals surface area contributed by atoms with E-state index in [1.807, 2.05) is 18.2 Å². The Morgan fingerprint density at radius 1 is 1.25 bits per heavy atom. The first-order chi connectivity index (χ1) is 7.61. The van der Waals surface area contributed by atoms with Crippen LogP contribution in [0.2, 0.25) is 0 Å². The van der Waals surface area contributed by atoms with Crippen molar-refractivity contribution in [1.29, 1.82) is 0 Å². The Morgan fingerprint density at radius 2 is 1.88 bits per heavy atom. The summed E-state index contributed by atoms with van der Waals surface area (Å²) in [6.07, 6.45) is 0. The van der Waals surface area contributed by atoms with E-state index in [-0.39, 0.29) is 18.4 Å². The van der Waals surface area contributed by atoms with Gasteiger partial charge in [0.15, 0.2) is 5.37 Å². The molecule has 1 fully saturated rings. The third-order valence-electron chi connectivity index (χ3n) is 2.52. The number of para-hydroxylation sites is 1. The van der Waals surface area contributed by atoms with Crippen molar-refractivity contribution >= 4 is 30.1 Å². The zero-order valence-electron chi connectivity index (χ0n) is 8.83. The molecule has 0 N–H and O–H groups in total. The molecule has 84 valence electrons. The Hall–Kier alpha value is -1.49. The predicted octanol–water partition coefficient (Wildman–Crippen LogP) is 0.748. The maximum atomic E-state index is 11.8. The Balaban J connectivity index is 2.34. The molecule has 1 aliphatic heterocycles. The van der Waals surface area contributed by atoms with Crippen LogP contribution >= 0.6 is 12.6 Å². The fourth-order valence-electron chi connectivity index (χ4n) is 1.67. The van der Waals surface area contributed by atoms with Gasteiger partial charge in [-0.05, 0) is 12.1 Å². The van der Waals surface area contributed by atoms with E-state index >= 15 is 0 Å². The van der Waals surface area contributed by atoms with Crippen LogP contribution in [0.4, 0.5) is 5.69 Å². The third-order valence-corrected chi connectivity index (χ3v) is 2.97. The number of piperazine rings is 1. The maximum absolute atomic E-state index is 11.8. The predicted molar refractivity (Wildman–Crippen MR) is 64.3 cm³/mol. The van der Waals surface area contributed by atoms with E-state index in [2.05, 4.69) is 12.6 Å². The molecule has 0 bridgehead atoms. The van der Waals surface area contributed by atoms with Crippen molar-refractivity contribution in [2.45, 2.75) is 5.37 Å². The minimum absolute atomic E-state index is 0.102. The van der Waals surface area contributed by atoms with Crippen molar-refractivity contribution < 1.29 is 9.59 Å². The minimum Gasteiger partial charge on any atom is -0.334 e. The summed E-state index contributed by atoms with van der Waals surface area (Å²) in [4.78, 5) is 26.4. The monoisotopic (exact) mass is 236 g/mol. The topological polar surface area (TPSA) is 40.6 Å². The SMILES string of the molecule is CN1CC(=O)N(c2ccccc2)C(S)C1=O. The number of amides is 2. The molecule has 1 saturated heterocycles. The number of rotatable bonds is 1. The lowest BCUT2D eigenvalue weighted by Gasteiger charge is -2.36. The first-order valence-electron chi connectivity index (χ1n) is 4.91. The van der Waals surface area contributed by atoms with Gasteiger partial charge in [-0.15, -0.1) is 12.6 Å². The maximum Gasteiger partial charge on any atom is 0.256 e. The van der Waals surface area contributed by atoms with Crippen LogP contribution in [0.3, 0.4) is 0 Å². The zero-order valence-corrected chi connectivity index (χ0v) is 9.72. The van der Waals surface area contributed by atoms with E-state index in [0.717, 1.165) is 0 Å². The molecule has 5 heteroatoms. The Kier molecular flexibility index (Phi) is 2.87. The quantitative estimate of drug-likeness (QED) is 0.731. The van der Waals surface area contributed by atoms with Crippen molar-refractivity contribution in [3.63, 3.8) is 0 Å². The highest BCUT2D eigenvalue weighted by molar-refractivity contribution is 7.82. The molecule has 4 nitrogen and oxygen atoms in total. The second-order valence-electron chi connectivity index (χ2n) is 3.67. The van der Waals surface area contributed by atoms with Crippen LogP contribution in [0.1, 0.15) is 0 Å². The number of hydrogen-bond acceptors (Lipinski definition) is 3. The van der Waals surface area contributed by atoms with Gasteiger partial charge in [-0.3, -0.25) is 14.5 Å². The van der Waals surface area contributed by atoms with Gasteiger partial charge in [-0.1, -0.05) is 18.2 Å². The van der Waals surface area contributed by atoms with Gasteiger partial charge in [0.2, 0.25) is 5.91 Å². The molecule has 2 rings (SSSR count). The van der Waals surface area contributed by atoms with Gasteiger partial charge >= 0.3 is 0 Å². The standard InChI is InChI=1S/C11H12N2O2S/c1-12-7-9(14)13(11(16)10(12)15)8-5-3-2-4-6-8/h2-6,11,16H,7H2,1H3. The first kappa shape index (κ1) is 11.0. The van der Waals surface area contributed by atoms with E-state index in [9.17, 15) is 9.59 Å². The van der Waals surface area contributed by atoms with Crippen LogP contribution in [0, 0.1) is 0 Å². The van der Waals surface area contributed by atoms with Gasteiger partial charge in [0.05, 0.1) is 6.54 Å². The summed E-state index contributed by atoms with van der Waals surface area (Å²) in [6, 6.07) is 9.09. The van der Waals surface area contributed by atoms with E-state index < -0.39 is 5.37 Å². The van der Waals surface area contributed by atoms with Crippen molar-refractivity contribution in [2.24, 2.45) is 0 Å². The number of anilines is 1. The average molecular weight is 236 g/mol. The number of nitrogens with zero attached hydrogens (tertiary/aromatic N) is 2. The first-order valence-corrected chi connectivity index (χ1v) is 5.43. The lowest BCUT2D eigenvalue weighted by Crippen LogP contribution is -2.56. The van der Waals surface area contributed by atoms with E-state index in [1.54, 1.807) is 19.2 Å². The summed E-state index contributed by atoms with van der Waals surface area (Å²) >= 11 is 4.20. The van der Waals surface area contributed by atoms with Crippen LogP contribution < -0.4 is 4.90 Å². The van der Waals surface area contributed by atoms with Crippen LogP contribution in [-0.4, -0.2) is 35.7 Å². The summed E-state index contributed by atoms with van der Waals surface area (Å²) < 4.78 is 0. The summed E-state index contributed by atoms with van der Waals surface area (Å²) in [5, 5.41) is -0.728. The van der Waals surface area contributed by atoms with Gasteiger partial charge in [0.25, 0.3) is 5.91 Å². The second kappa shape index (κ2) is 4.17. The molecule has 16 heavy (non-hydrogen) atoms. The van der Waals surface area contributed by atoms with Gasteiger partial charge in [-0.2, -0.15) is 0 Å². The Labute approximate surface area is 99.2 Å². The summed E-state index contributed by atoms with van der Waals surface area (Å²) in [5.74, 6) is -0.278. The fourth-order valence-corrected chi connectivity index (χ4v) is 2.13. The zero-order chi connectivity index (χ0) is 11.7. The fraction of sp³-hybridized carbons (Fsp3) is 0.273. The molecule has 1 aromatic rings. The molecule has 0 saturated carbocycles. The number of benzene rings is 1. The molecule has 1 aromatic carbocycles. The lowest BCUT2D eigenvalue weighted by atomic mass is 10.2. The minimum atomic E-state index is -0.728. The van der Waals surface area contributed by atoms with Gasteiger partial charge < -0.3 is 4.90 Å². The van der Waals surface area contributed by atoms with E-state index in [4.69, 9.17) is 0 Å². The van der Waals surface area contributed by atoms with E-state index in [0.29, 0.717) is 5.69 Å². The normalized spacial score (nSPS) is 21.5. The van der Waals surface area contributed by atoms with Gasteiger partial charge in [-0.25, -0.2) is 0 Å². The summed E-state index contributed by atoms with van der Waals surface area (Å²) in [6.45, 7) is 0.102. The third kappa shape index (κ3) is 1.78. The van der Waals surface area contributed by atoms with Crippen molar-refractivity contribution in [3.8, 4) is 0 Å². The van der Waals surface area contributed by atoms with Crippen molar-refractivity contribution in [1.82, 2.24) is 4.90 Å². The smallest absolute Gasteiger partial charge is 0.256 e. The average Bonchev–Trinajstić information content (AvgIpc) is 2.28. The Bertz CT molecular complexity index is 421. The van der Waals surface area contributed by atoms with Crippen LogP contribution in [0.15, 0.2) is 30.3 Å². The molecule has 1 heterocycles. The number of carbonyl (C=O) groups is 2. The highest BCUT2D eigenvalue weighted by atomic mass is 32.1. The largest absolute Gasteiger partial charge is 0.334 e. The molecule has 0 aliphatic carbocycles. The van der Waals surface area contributed by atoms with E-state index in [1.165, 1.54) is 9.80 Å². The molecular formula is C11H12N2O2S. The van der Waals surface area contributed by atoms with Crippen LogP contribution in [0.5, 0.6) is 0 Å². The van der Waals surface area contributed by atoms with Gasteiger partial charge in [0, 0.05) is 12.7 Å².